The molecular formula is C25H23F3N4OS. The monoisotopic (exact) mass is 484 g/mol. The van der Waals surface area contributed by atoms with E-state index in [4.69, 9.17) is 23.2 Å². The van der Waals surface area contributed by atoms with Gasteiger partial charge in [-0.3, -0.25) is 9.69 Å². The molecule has 2 aliphatic rings. The first-order valence-corrected chi connectivity index (χ1v) is 11.6. The van der Waals surface area contributed by atoms with E-state index in [1.54, 1.807) is 6.07 Å². The maximum absolute atomic E-state index is 13.7. The first kappa shape index (κ1) is 24.0. The van der Waals surface area contributed by atoms with E-state index in [1.165, 1.54) is 11.0 Å². The maximum atomic E-state index is 13.7. The molecule has 1 unspecified atom stereocenters. The molecule has 2 aromatic carbocycles. The van der Waals surface area contributed by atoms with Crippen molar-refractivity contribution in [1.82, 2.24) is 0 Å². The topological polar surface area (TPSA) is 71.1 Å². The summed E-state index contributed by atoms with van der Waals surface area (Å²) in [6.07, 6.45) is 0.127. The normalized spacial score (nSPS) is 19.5. The lowest BCUT2D eigenvalue weighted by Crippen LogP contribution is -2.48. The fourth-order valence-corrected chi connectivity index (χ4v) is 5.62. The molecule has 34 heavy (non-hydrogen) atoms. The molecule has 0 aromatic heterocycles. The van der Waals surface area contributed by atoms with E-state index in [0.29, 0.717) is 19.3 Å². The van der Waals surface area contributed by atoms with Crippen molar-refractivity contribution in [1.29, 1.82) is 10.5 Å². The number of hydrogen-bond donors (Lipinski definition) is 1. The van der Waals surface area contributed by atoms with Crippen molar-refractivity contribution in [2.45, 2.75) is 62.2 Å². The van der Waals surface area contributed by atoms with Crippen LogP contribution in [0.2, 0.25) is 0 Å². The second kappa shape index (κ2) is 9.23. The van der Waals surface area contributed by atoms with Gasteiger partial charge in [0.1, 0.15) is 5.54 Å². The molecule has 0 radical (unpaired) electrons. The van der Waals surface area contributed by atoms with Crippen LogP contribution in [0, 0.1) is 22.7 Å². The van der Waals surface area contributed by atoms with Crippen molar-refractivity contribution in [3.63, 3.8) is 0 Å². The lowest BCUT2D eigenvalue weighted by molar-refractivity contribution is -0.137. The van der Waals surface area contributed by atoms with Crippen LogP contribution in [0.1, 0.15) is 55.2 Å². The van der Waals surface area contributed by atoms with Gasteiger partial charge in [0.25, 0.3) is 5.91 Å². The summed E-state index contributed by atoms with van der Waals surface area (Å²) in [6, 6.07) is 14.8. The number of aryl methyl sites for hydroxylation is 1. The molecule has 2 aromatic rings. The van der Waals surface area contributed by atoms with Crippen molar-refractivity contribution in [3.05, 3.63) is 59.2 Å². The summed E-state index contributed by atoms with van der Waals surface area (Å²) in [5.74, 6) is -0.277. The molecule has 4 rings (SSSR count). The molecule has 0 N–H and O–H groups in total. The van der Waals surface area contributed by atoms with Gasteiger partial charge < -0.3 is 4.90 Å². The number of carbonyl (C=O) groups excluding carboxylic acids is 1. The number of nitrogens with zero attached hydrogens (tertiary/aromatic N) is 4. The van der Waals surface area contributed by atoms with Gasteiger partial charge in [0, 0.05) is 17.8 Å². The van der Waals surface area contributed by atoms with Crippen LogP contribution in [-0.2, 0) is 17.4 Å². The lowest BCUT2D eigenvalue weighted by Gasteiger charge is -2.36. The smallest absolute Gasteiger partial charge is 0.328 e. The highest BCUT2D eigenvalue weighted by molar-refractivity contribution is 7.81. The molecule has 1 heterocycles. The minimum atomic E-state index is -4.72. The van der Waals surface area contributed by atoms with Crippen LogP contribution in [-0.4, -0.2) is 16.9 Å². The molecule has 1 saturated heterocycles. The third-order valence-electron chi connectivity index (χ3n) is 6.65. The Morgan fingerprint density at radius 2 is 1.71 bits per heavy atom. The van der Waals surface area contributed by atoms with Gasteiger partial charge in [0.15, 0.2) is 5.50 Å². The van der Waals surface area contributed by atoms with Gasteiger partial charge in [-0.05, 0) is 61.6 Å². The average molecular weight is 485 g/mol. The van der Waals surface area contributed by atoms with Crippen molar-refractivity contribution >= 4 is 29.9 Å². The molecule has 176 valence electrons. The fraction of sp³-hybridized carbons (Fsp3) is 0.400. The molecule has 0 bridgehead atoms. The summed E-state index contributed by atoms with van der Waals surface area (Å²) in [5.41, 5.74) is -1.33. The lowest BCUT2D eigenvalue weighted by atomic mass is 9.94. The average Bonchev–Trinajstić information content (AvgIpc) is 3.37. The van der Waals surface area contributed by atoms with Crippen molar-refractivity contribution in [2.24, 2.45) is 0 Å². The van der Waals surface area contributed by atoms with Crippen LogP contribution < -0.4 is 9.80 Å². The Bertz CT molecular complexity index is 1160. The van der Waals surface area contributed by atoms with Crippen molar-refractivity contribution < 1.29 is 18.0 Å². The molecule has 1 spiro atoms. The number of carbonyl (C=O) groups is 1. The number of amides is 1. The number of rotatable bonds is 5. The van der Waals surface area contributed by atoms with Gasteiger partial charge in [-0.25, -0.2) is 0 Å². The predicted octanol–water partition coefficient (Wildman–Crippen LogP) is 5.80. The number of halogens is 3. The van der Waals surface area contributed by atoms with E-state index < -0.39 is 28.3 Å². The molecule has 1 aliphatic heterocycles. The predicted molar refractivity (Wildman–Crippen MR) is 125 cm³/mol. The Labute approximate surface area is 201 Å². The molecule has 2 fully saturated rings. The van der Waals surface area contributed by atoms with Crippen LogP contribution in [0.3, 0.4) is 0 Å². The third kappa shape index (κ3) is 4.10. The summed E-state index contributed by atoms with van der Waals surface area (Å²) < 4.78 is 40.7. The highest BCUT2D eigenvalue weighted by Gasteiger charge is 2.58. The zero-order chi connectivity index (χ0) is 24.5. The van der Waals surface area contributed by atoms with Crippen molar-refractivity contribution in [2.75, 3.05) is 9.80 Å². The number of hydrogen-bond acceptors (Lipinski definition) is 5. The summed E-state index contributed by atoms with van der Waals surface area (Å²) in [4.78, 5) is 17.0. The Hall–Kier alpha value is -3.17. The van der Waals surface area contributed by atoms with Gasteiger partial charge in [0.05, 0.1) is 23.3 Å². The highest BCUT2D eigenvalue weighted by atomic mass is 32.1. The number of anilines is 2. The van der Waals surface area contributed by atoms with Crippen molar-refractivity contribution in [3.8, 4) is 12.1 Å². The molecule has 9 heteroatoms. The van der Waals surface area contributed by atoms with Crippen LogP contribution in [0.4, 0.5) is 24.5 Å². The minimum absolute atomic E-state index is 0.0678. The fourth-order valence-electron chi connectivity index (χ4n) is 5.02. The van der Waals surface area contributed by atoms with Crippen LogP contribution in [0.25, 0.3) is 0 Å². The Balaban J connectivity index is 1.72. The molecule has 1 saturated carbocycles. The van der Waals surface area contributed by atoms with E-state index in [0.717, 1.165) is 49.1 Å². The van der Waals surface area contributed by atoms with Crippen LogP contribution in [0.15, 0.2) is 42.5 Å². The second-order valence-corrected chi connectivity index (χ2v) is 9.11. The minimum Gasteiger partial charge on any atom is -0.328 e. The maximum Gasteiger partial charge on any atom is 0.417 e. The number of benzene rings is 2. The van der Waals surface area contributed by atoms with E-state index in [9.17, 15) is 18.0 Å². The van der Waals surface area contributed by atoms with E-state index in [2.05, 4.69) is 6.07 Å². The SMILES string of the molecule is N#CCCCc1ccc(N2C(S)N(c3ccc(C#N)c(C(F)(F)F)c3)C(=O)C23CCCC3)cc1. The zero-order valence-electron chi connectivity index (χ0n) is 18.3. The third-order valence-corrected chi connectivity index (χ3v) is 7.11. The number of nitriles is 2. The van der Waals surface area contributed by atoms with Gasteiger partial charge in [0.2, 0.25) is 0 Å². The summed E-state index contributed by atoms with van der Waals surface area (Å²) in [5, 5.41) is 17.9. The Kier molecular flexibility index (Phi) is 6.51. The second-order valence-electron chi connectivity index (χ2n) is 8.65. The van der Waals surface area contributed by atoms with E-state index in [1.807, 2.05) is 29.2 Å². The molecule has 1 aliphatic carbocycles. The van der Waals surface area contributed by atoms with Crippen LogP contribution >= 0.6 is 12.6 Å². The highest BCUT2D eigenvalue weighted by Crippen LogP contribution is 2.49. The van der Waals surface area contributed by atoms with E-state index >= 15 is 0 Å². The van der Waals surface area contributed by atoms with E-state index in [-0.39, 0.29) is 11.6 Å². The Morgan fingerprint density at radius 3 is 2.29 bits per heavy atom. The number of alkyl halides is 3. The first-order chi connectivity index (χ1) is 16.2. The first-order valence-electron chi connectivity index (χ1n) is 11.1. The molecule has 1 amide bonds. The molecular weight excluding hydrogens is 461 g/mol. The van der Waals surface area contributed by atoms with Gasteiger partial charge in [-0.1, -0.05) is 25.0 Å². The van der Waals surface area contributed by atoms with Gasteiger partial charge in [-0.15, -0.1) is 12.6 Å². The Morgan fingerprint density at radius 1 is 1.06 bits per heavy atom. The largest absolute Gasteiger partial charge is 0.417 e. The zero-order valence-corrected chi connectivity index (χ0v) is 19.2. The van der Waals surface area contributed by atoms with Gasteiger partial charge in [-0.2, -0.15) is 23.7 Å². The number of thiol groups is 1. The molecule has 1 atom stereocenters. The summed E-state index contributed by atoms with van der Waals surface area (Å²) >= 11 is 4.71. The quantitative estimate of drug-likeness (QED) is 0.430. The molecule has 5 nitrogen and oxygen atoms in total. The summed E-state index contributed by atoms with van der Waals surface area (Å²) in [7, 11) is 0. The number of unbranched alkanes of at least 4 members (excludes halogenated alkanes) is 1. The standard InChI is InChI=1S/C25H23F3N4OS/c26-25(27,28)21-15-20(11-8-18(21)16-30)31-22(33)24(12-2-3-13-24)32(23(31)34)19-9-6-17(7-10-19)5-1-4-14-29/h6-11,15,23,34H,1-5,12-13H2. The van der Waals surface area contributed by atoms with Gasteiger partial charge >= 0.3 is 6.18 Å². The summed E-state index contributed by atoms with van der Waals surface area (Å²) in [6.45, 7) is 0. The van der Waals surface area contributed by atoms with Crippen LogP contribution in [0.5, 0.6) is 0 Å².